The topological polar surface area (TPSA) is 240 Å². The molecule has 0 aliphatic carbocycles. The molecule has 460 valence electrons. The molecule has 5 aromatic rings. The van der Waals surface area contributed by atoms with Crippen molar-refractivity contribution in [1.29, 1.82) is 0 Å². The van der Waals surface area contributed by atoms with Crippen molar-refractivity contribution in [2.45, 2.75) is 160 Å². The number of rotatable bonds is 10. The highest BCUT2D eigenvalue weighted by Crippen LogP contribution is 2.52. The van der Waals surface area contributed by atoms with Crippen LogP contribution in [0.15, 0.2) is 60.7 Å². The number of benzene rings is 5. The van der Waals surface area contributed by atoms with Crippen LogP contribution in [-0.4, -0.2) is 92.5 Å². The van der Waals surface area contributed by atoms with E-state index in [1.807, 2.05) is 60.7 Å². The second-order valence-electron chi connectivity index (χ2n) is 22.1. The standard InChI is InChI=1S/5C13H16O4/c5*1-2-3-10-12-8(9(14)6-15-10)4-5-11-13(12)17-7-16-11/h5*4-5,9-10,14H,2-3,6-7H2,1H3/t2*9-,10+;2*9-,10-;/m1010./s1. The van der Waals surface area contributed by atoms with Gasteiger partial charge in [0.25, 0.3) is 0 Å². The Hall–Kier alpha value is -6.30. The summed E-state index contributed by atoms with van der Waals surface area (Å²) in [7, 11) is 0. The van der Waals surface area contributed by atoms with E-state index in [2.05, 4.69) is 34.6 Å². The van der Waals surface area contributed by atoms with Gasteiger partial charge in [-0.15, -0.1) is 0 Å². The van der Waals surface area contributed by atoms with Gasteiger partial charge in [0.05, 0.1) is 63.6 Å². The molecule has 0 radical (unpaired) electrons. The lowest BCUT2D eigenvalue weighted by Gasteiger charge is -2.30. The fraction of sp³-hybridized carbons (Fsp3) is 0.538. The fourth-order valence-corrected chi connectivity index (χ4v) is 12.5. The summed E-state index contributed by atoms with van der Waals surface area (Å²) in [5, 5.41) is 49.8. The van der Waals surface area contributed by atoms with E-state index in [1.54, 1.807) is 0 Å². The van der Waals surface area contributed by atoms with Crippen LogP contribution in [0.3, 0.4) is 0 Å². The first-order valence-electron chi connectivity index (χ1n) is 30.1. The van der Waals surface area contributed by atoms with Gasteiger partial charge in [0.2, 0.25) is 34.0 Å². The zero-order valence-electron chi connectivity index (χ0n) is 49.0. The second kappa shape index (κ2) is 27.6. The molecule has 0 aromatic heterocycles. The van der Waals surface area contributed by atoms with E-state index in [1.165, 1.54) is 0 Å². The predicted octanol–water partition coefficient (Wildman–Crippen LogP) is 11.6. The summed E-state index contributed by atoms with van der Waals surface area (Å²) in [6, 6.07) is 18.9. The fourth-order valence-electron chi connectivity index (χ4n) is 12.5. The number of fused-ring (bicyclic) bond motifs is 15. The number of hydrogen-bond donors (Lipinski definition) is 5. The predicted molar refractivity (Wildman–Crippen MR) is 306 cm³/mol. The Bertz CT molecular complexity index is 2620. The highest BCUT2D eigenvalue weighted by molar-refractivity contribution is 5.58. The summed E-state index contributed by atoms with van der Waals surface area (Å²) in [6.45, 7) is 13.6. The number of ether oxygens (including phenoxy) is 15. The highest BCUT2D eigenvalue weighted by atomic mass is 16.7. The van der Waals surface area contributed by atoms with Gasteiger partial charge in [-0.2, -0.15) is 0 Å². The van der Waals surface area contributed by atoms with Crippen molar-refractivity contribution in [3.05, 3.63) is 116 Å². The Kier molecular flexibility index (Phi) is 19.6. The lowest BCUT2D eigenvalue weighted by atomic mass is 9.92. The van der Waals surface area contributed by atoms with Crippen molar-refractivity contribution < 1.29 is 96.6 Å². The number of hydrogen-bond acceptors (Lipinski definition) is 20. The van der Waals surface area contributed by atoms with Crippen LogP contribution in [0.2, 0.25) is 0 Å². The molecule has 10 aliphatic heterocycles. The first kappa shape index (κ1) is 60.4. The van der Waals surface area contributed by atoms with E-state index in [0.717, 1.165) is 177 Å². The second-order valence-corrected chi connectivity index (χ2v) is 22.1. The van der Waals surface area contributed by atoms with E-state index >= 15 is 0 Å². The van der Waals surface area contributed by atoms with Crippen LogP contribution in [0.1, 0.15) is 216 Å². The van der Waals surface area contributed by atoms with Crippen molar-refractivity contribution in [1.82, 2.24) is 0 Å². The van der Waals surface area contributed by atoms with E-state index in [0.29, 0.717) is 33.0 Å². The quantitative estimate of drug-likeness (QED) is 0.0873. The molecule has 15 rings (SSSR count). The van der Waals surface area contributed by atoms with Crippen LogP contribution >= 0.6 is 0 Å². The molecule has 0 spiro atoms. The summed E-state index contributed by atoms with van der Waals surface area (Å²) < 4.78 is 82.9. The van der Waals surface area contributed by atoms with Crippen LogP contribution in [0, 0.1) is 0 Å². The largest absolute Gasteiger partial charge is 0.454 e. The summed E-state index contributed by atoms with van der Waals surface area (Å²) >= 11 is 0. The monoisotopic (exact) mass is 1180 g/mol. The van der Waals surface area contributed by atoms with Gasteiger partial charge in [0.15, 0.2) is 57.5 Å². The molecule has 85 heavy (non-hydrogen) atoms. The van der Waals surface area contributed by atoms with Gasteiger partial charge in [-0.1, -0.05) is 97.1 Å². The zero-order chi connectivity index (χ0) is 59.1. The first-order chi connectivity index (χ1) is 41.5. The third kappa shape index (κ3) is 12.5. The maximum atomic E-state index is 9.96. The summed E-state index contributed by atoms with van der Waals surface area (Å²) in [5.41, 5.74) is 9.44. The lowest BCUT2D eigenvalue weighted by Crippen LogP contribution is -2.21. The van der Waals surface area contributed by atoms with Gasteiger partial charge in [0, 0.05) is 27.8 Å². The number of aliphatic hydroxyl groups excluding tert-OH is 5. The molecule has 10 atom stereocenters. The van der Waals surface area contributed by atoms with Crippen LogP contribution in [-0.2, 0) is 23.7 Å². The van der Waals surface area contributed by atoms with Gasteiger partial charge >= 0.3 is 0 Å². The number of aliphatic hydroxyl groups is 5. The van der Waals surface area contributed by atoms with Crippen molar-refractivity contribution in [3.8, 4) is 57.5 Å². The van der Waals surface area contributed by atoms with Gasteiger partial charge in [-0.3, -0.25) is 0 Å². The van der Waals surface area contributed by atoms with E-state index < -0.39 is 30.5 Å². The molecular weight excluding hydrogens is 1100 g/mol. The normalized spacial score (nSPS) is 25.8. The average Bonchev–Trinajstić information content (AvgIpc) is 3.83. The molecule has 0 fully saturated rings. The van der Waals surface area contributed by atoms with Crippen molar-refractivity contribution in [2.24, 2.45) is 0 Å². The van der Waals surface area contributed by atoms with E-state index in [-0.39, 0.29) is 64.5 Å². The Morgan fingerprint density at radius 2 is 0.447 bits per heavy atom. The smallest absolute Gasteiger partial charge is 0.231 e. The van der Waals surface area contributed by atoms with Gasteiger partial charge in [-0.25, -0.2) is 0 Å². The Labute approximate surface area is 495 Å². The molecule has 0 bridgehead atoms. The van der Waals surface area contributed by atoms with Gasteiger partial charge in [0.1, 0.15) is 30.5 Å². The van der Waals surface area contributed by atoms with Crippen LogP contribution in [0.5, 0.6) is 57.5 Å². The zero-order valence-corrected chi connectivity index (χ0v) is 49.0. The van der Waals surface area contributed by atoms with Gasteiger partial charge in [-0.05, 0) is 90.3 Å². The molecule has 0 saturated carbocycles. The Morgan fingerprint density at radius 3 is 0.612 bits per heavy atom. The Balaban J connectivity index is 0.000000111. The molecule has 5 aromatic carbocycles. The van der Waals surface area contributed by atoms with E-state index in [4.69, 9.17) is 71.1 Å². The molecule has 20 heteroatoms. The molecule has 10 aliphatic rings. The Morgan fingerprint density at radius 1 is 0.271 bits per heavy atom. The molecule has 2 unspecified atom stereocenters. The lowest BCUT2D eigenvalue weighted by molar-refractivity contribution is -0.0350. The molecular formula is C65H80O20. The summed E-state index contributed by atoms with van der Waals surface area (Å²) in [6.07, 6.45) is 7.05. The molecule has 0 amide bonds. The SMILES string of the molecule is CCCC1OCC(O)c2ccc3c(c21)OCO3.CCC[C@@H]1OC[C@@H](O)c2ccc3c(c21)OCO3.CCC[C@@H]1OC[C@H](O)c2ccc3c(c21)OCO3.CCC[C@H]1OC[C@@H](O)c2ccc3c(c21)OCO3.CCC[C@H]1OC[C@H](O)c2ccc3c(c21)OCO3. The minimum absolute atomic E-state index is 0.00931. The van der Waals surface area contributed by atoms with Crippen LogP contribution in [0.25, 0.3) is 0 Å². The molecule has 0 saturated heterocycles. The van der Waals surface area contributed by atoms with Crippen molar-refractivity contribution in [2.75, 3.05) is 67.0 Å². The summed E-state index contributed by atoms with van der Waals surface area (Å²) in [4.78, 5) is 0. The van der Waals surface area contributed by atoms with Crippen LogP contribution in [0.4, 0.5) is 0 Å². The summed E-state index contributed by atoms with van der Waals surface area (Å²) in [5.74, 6) is 7.51. The third-order valence-corrected chi connectivity index (χ3v) is 16.5. The van der Waals surface area contributed by atoms with E-state index in [9.17, 15) is 25.5 Å². The van der Waals surface area contributed by atoms with Crippen LogP contribution < -0.4 is 47.4 Å². The molecule has 5 N–H and O–H groups in total. The van der Waals surface area contributed by atoms with Crippen molar-refractivity contribution in [3.63, 3.8) is 0 Å². The first-order valence-corrected chi connectivity index (χ1v) is 30.1. The highest BCUT2D eigenvalue weighted by Gasteiger charge is 2.38. The van der Waals surface area contributed by atoms with Gasteiger partial charge < -0.3 is 96.6 Å². The third-order valence-electron chi connectivity index (χ3n) is 16.5. The maximum Gasteiger partial charge on any atom is 0.231 e. The minimum atomic E-state index is -0.562. The molecule has 10 heterocycles. The average molecular weight is 1180 g/mol. The minimum Gasteiger partial charge on any atom is -0.454 e. The molecule has 20 nitrogen and oxygen atoms in total. The maximum absolute atomic E-state index is 9.96. The van der Waals surface area contributed by atoms with Crippen molar-refractivity contribution >= 4 is 0 Å².